The molecule has 21 heavy (non-hydrogen) atoms. The van der Waals surface area contributed by atoms with Crippen molar-refractivity contribution < 1.29 is 0 Å². The Morgan fingerprint density at radius 3 is 2.86 bits per heavy atom. The summed E-state index contributed by atoms with van der Waals surface area (Å²) in [5.41, 5.74) is 3.80. The van der Waals surface area contributed by atoms with E-state index in [0.717, 1.165) is 31.8 Å². The van der Waals surface area contributed by atoms with Crippen LogP contribution in [-0.2, 0) is 0 Å². The van der Waals surface area contributed by atoms with Gasteiger partial charge in [-0.15, -0.1) is 0 Å². The number of hydrogen-bond acceptors (Lipinski definition) is 3. The van der Waals surface area contributed by atoms with Crippen LogP contribution < -0.4 is 5.32 Å². The largest absolute Gasteiger partial charge is 0.377 e. The normalized spacial score (nSPS) is 12.3. The molecule has 3 rings (SSSR count). The van der Waals surface area contributed by atoms with Gasteiger partial charge in [-0.2, -0.15) is 0 Å². The Bertz CT molecular complexity index is 791. The van der Waals surface area contributed by atoms with E-state index >= 15 is 0 Å². The van der Waals surface area contributed by atoms with E-state index in [1.807, 2.05) is 30.3 Å². The van der Waals surface area contributed by atoms with E-state index in [4.69, 9.17) is 11.6 Å². The molecule has 0 fully saturated rings. The van der Waals surface area contributed by atoms with Gasteiger partial charge in [-0.25, -0.2) is 0 Å². The SMILES string of the molecule is CC(Nc1ccnc2cc(Br)cnc12)c1cccc(Cl)c1. The van der Waals surface area contributed by atoms with E-state index in [2.05, 4.69) is 44.2 Å². The third-order valence-electron chi connectivity index (χ3n) is 3.26. The zero-order valence-electron chi connectivity index (χ0n) is 11.3. The molecule has 1 atom stereocenters. The molecule has 1 aromatic carbocycles. The quantitative estimate of drug-likeness (QED) is 0.694. The summed E-state index contributed by atoms with van der Waals surface area (Å²) < 4.78 is 0.919. The van der Waals surface area contributed by atoms with Crippen LogP contribution in [0.25, 0.3) is 11.0 Å². The lowest BCUT2D eigenvalue weighted by Gasteiger charge is -2.17. The van der Waals surface area contributed by atoms with Crippen molar-refractivity contribution in [3.63, 3.8) is 0 Å². The molecule has 2 aromatic heterocycles. The molecule has 0 radical (unpaired) electrons. The lowest BCUT2D eigenvalue weighted by atomic mass is 10.1. The molecule has 3 aromatic rings. The van der Waals surface area contributed by atoms with E-state index in [-0.39, 0.29) is 6.04 Å². The molecule has 0 aliphatic heterocycles. The average molecular weight is 363 g/mol. The molecule has 1 unspecified atom stereocenters. The van der Waals surface area contributed by atoms with Gasteiger partial charge in [0.1, 0.15) is 5.52 Å². The maximum Gasteiger partial charge on any atom is 0.112 e. The van der Waals surface area contributed by atoms with E-state index in [0.29, 0.717) is 0 Å². The summed E-state index contributed by atoms with van der Waals surface area (Å²) in [5, 5.41) is 4.21. The molecule has 0 saturated heterocycles. The summed E-state index contributed by atoms with van der Waals surface area (Å²) in [4.78, 5) is 8.79. The van der Waals surface area contributed by atoms with Gasteiger partial charge in [0.25, 0.3) is 0 Å². The van der Waals surface area contributed by atoms with Gasteiger partial charge in [0, 0.05) is 27.9 Å². The fourth-order valence-corrected chi connectivity index (χ4v) is 2.73. The fourth-order valence-electron chi connectivity index (χ4n) is 2.21. The minimum Gasteiger partial charge on any atom is -0.377 e. The van der Waals surface area contributed by atoms with Crippen LogP contribution >= 0.6 is 27.5 Å². The number of anilines is 1. The second-order valence-corrected chi connectivity index (χ2v) is 6.15. The molecule has 2 heterocycles. The number of benzene rings is 1. The van der Waals surface area contributed by atoms with Crippen LogP contribution in [0.4, 0.5) is 5.69 Å². The van der Waals surface area contributed by atoms with Gasteiger partial charge in [-0.1, -0.05) is 23.7 Å². The van der Waals surface area contributed by atoms with Gasteiger partial charge >= 0.3 is 0 Å². The highest BCUT2D eigenvalue weighted by atomic mass is 79.9. The molecule has 5 heteroatoms. The number of rotatable bonds is 3. The van der Waals surface area contributed by atoms with Crippen molar-refractivity contribution >= 4 is 44.3 Å². The Balaban J connectivity index is 1.94. The van der Waals surface area contributed by atoms with Gasteiger partial charge in [0.15, 0.2) is 0 Å². The number of nitrogens with one attached hydrogen (secondary N) is 1. The number of fused-ring (bicyclic) bond motifs is 1. The highest BCUT2D eigenvalue weighted by Gasteiger charge is 2.09. The van der Waals surface area contributed by atoms with Gasteiger partial charge in [-0.3, -0.25) is 9.97 Å². The smallest absolute Gasteiger partial charge is 0.112 e. The van der Waals surface area contributed by atoms with Crippen LogP contribution in [0.3, 0.4) is 0 Å². The molecule has 106 valence electrons. The van der Waals surface area contributed by atoms with Crippen molar-refractivity contribution in [3.05, 3.63) is 63.9 Å². The van der Waals surface area contributed by atoms with E-state index in [1.54, 1.807) is 12.4 Å². The number of aromatic nitrogens is 2. The number of nitrogens with zero attached hydrogens (tertiary/aromatic N) is 2. The van der Waals surface area contributed by atoms with Crippen molar-refractivity contribution in [2.75, 3.05) is 5.32 Å². The summed E-state index contributed by atoms with van der Waals surface area (Å²) in [5.74, 6) is 0. The molecular formula is C16H13BrClN3. The number of hydrogen-bond donors (Lipinski definition) is 1. The minimum atomic E-state index is 0.125. The van der Waals surface area contributed by atoms with E-state index in [1.165, 1.54) is 0 Å². The zero-order chi connectivity index (χ0) is 14.8. The first-order valence-electron chi connectivity index (χ1n) is 6.56. The second kappa shape index (κ2) is 6.00. The lowest BCUT2D eigenvalue weighted by Crippen LogP contribution is -2.07. The van der Waals surface area contributed by atoms with Crippen molar-refractivity contribution in [3.8, 4) is 0 Å². The molecule has 0 saturated carbocycles. The molecule has 0 spiro atoms. The van der Waals surface area contributed by atoms with Crippen LogP contribution in [0.2, 0.25) is 5.02 Å². The van der Waals surface area contributed by atoms with E-state index in [9.17, 15) is 0 Å². The minimum absolute atomic E-state index is 0.125. The fraction of sp³-hybridized carbons (Fsp3) is 0.125. The predicted octanol–water partition coefficient (Wildman–Crippen LogP) is 5.22. The Labute approximate surface area is 136 Å². The standard InChI is InChI=1S/C16H13BrClN3/c1-10(11-3-2-4-13(18)7-11)21-14-5-6-19-15-8-12(17)9-20-16(14)15/h2-10H,1H3,(H,19,21). The van der Waals surface area contributed by atoms with Crippen molar-refractivity contribution in [2.45, 2.75) is 13.0 Å². The van der Waals surface area contributed by atoms with E-state index < -0.39 is 0 Å². The first kappa shape index (κ1) is 14.3. The molecule has 3 nitrogen and oxygen atoms in total. The number of pyridine rings is 2. The van der Waals surface area contributed by atoms with Gasteiger partial charge < -0.3 is 5.32 Å². The average Bonchev–Trinajstić information content (AvgIpc) is 2.47. The van der Waals surface area contributed by atoms with Crippen LogP contribution in [0, 0.1) is 0 Å². The van der Waals surface area contributed by atoms with Crippen LogP contribution in [0.1, 0.15) is 18.5 Å². The topological polar surface area (TPSA) is 37.8 Å². The maximum atomic E-state index is 6.05. The van der Waals surface area contributed by atoms with Crippen LogP contribution in [-0.4, -0.2) is 9.97 Å². The zero-order valence-corrected chi connectivity index (χ0v) is 13.7. The van der Waals surface area contributed by atoms with Crippen molar-refractivity contribution in [1.82, 2.24) is 9.97 Å². The molecule has 1 N–H and O–H groups in total. The lowest BCUT2D eigenvalue weighted by molar-refractivity contribution is 0.885. The highest BCUT2D eigenvalue weighted by molar-refractivity contribution is 9.10. The van der Waals surface area contributed by atoms with Crippen LogP contribution in [0.15, 0.2) is 53.3 Å². The Hall–Kier alpha value is -1.65. The Morgan fingerprint density at radius 1 is 1.19 bits per heavy atom. The molecule has 0 aliphatic rings. The summed E-state index contributed by atoms with van der Waals surface area (Å²) in [6.07, 6.45) is 3.56. The summed E-state index contributed by atoms with van der Waals surface area (Å²) in [6, 6.07) is 11.9. The molecular weight excluding hydrogens is 350 g/mol. The first-order chi connectivity index (χ1) is 10.1. The third-order valence-corrected chi connectivity index (χ3v) is 3.93. The summed E-state index contributed by atoms with van der Waals surface area (Å²) in [6.45, 7) is 2.09. The molecule has 0 amide bonds. The predicted molar refractivity (Wildman–Crippen MR) is 90.7 cm³/mol. The number of halogens is 2. The van der Waals surface area contributed by atoms with Crippen molar-refractivity contribution in [2.24, 2.45) is 0 Å². The molecule has 0 bridgehead atoms. The van der Waals surface area contributed by atoms with Gasteiger partial charge in [0.2, 0.25) is 0 Å². The third kappa shape index (κ3) is 3.17. The highest BCUT2D eigenvalue weighted by Crippen LogP contribution is 2.26. The van der Waals surface area contributed by atoms with Crippen LogP contribution in [0.5, 0.6) is 0 Å². The van der Waals surface area contributed by atoms with Gasteiger partial charge in [-0.05, 0) is 52.7 Å². The summed E-state index contributed by atoms with van der Waals surface area (Å²) in [7, 11) is 0. The van der Waals surface area contributed by atoms with Gasteiger partial charge in [0.05, 0.1) is 11.2 Å². The Morgan fingerprint density at radius 2 is 2.05 bits per heavy atom. The van der Waals surface area contributed by atoms with Crippen molar-refractivity contribution in [1.29, 1.82) is 0 Å². The Kier molecular flexibility index (Phi) is 4.08. The first-order valence-corrected chi connectivity index (χ1v) is 7.73. The summed E-state index contributed by atoms with van der Waals surface area (Å²) >= 11 is 9.46. The second-order valence-electron chi connectivity index (χ2n) is 4.80. The monoisotopic (exact) mass is 361 g/mol. The molecule has 0 aliphatic carbocycles. The maximum absolute atomic E-state index is 6.05.